The van der Waals surface area contributed by atoms with Crippen LogP contribution in [0.15, 0.2) is 22.7 Å². The van der Waals surface area contributed by atoms with Gasteiger partial charge in [0.15, 0.2) is 0 Å². The van der Waals surface area contributed by atoms with Crippen LogP contribution in [0.5, 0.6) is 5.75 Å². The summed E-state index contributed by atoms with van der Waals surface area (Å²) in [6.07, 6.45) is 4.02. The molecule has 5 nitrogen and oxygen atoms in total. The second kappa shape index (κ2) is 4.90. The van der Waals surface area contributed by atoms with Crippen molar-refractivity contribution in [2.24, 2.45) is 0 Å². The summed E-state index contributed by atoms with van der Waals surface area (Å²) in [7, 11) is 1.69. The summed E-state index contributed by atoms with van der Waals surface area (Å²) in [5, 5.41) is 14.2. The van der Waals surface area contributed by atoms with Gasteiger partial charge in [-0.25, -0.2) is 0 Å². The first-order chi connectivity index (χ1) is 9.66. The van der Waals surface area contributed by atoms with Crippen LogP contribution in [0.1, 0.15) is 37.1 Å². The van der Waals surface area contributed by atoms with Gasteiger partial charge in [-0.1, -0.05) is 17.3 Å². The number of aromatic nitrogens is 2. The van der Waals surface area contributed by atoms with E-state index in [1.165, 1.54) is 0 Å². The van der Waals surface area contributed by atoms with Gasteiger partial charge in [0.05, 0.1) is 5.56 Å². The molecule has 0 spiro atoms. The molecule has 0 atom stereocenters. The van der Waals surface area contributed by atoms with Crippen molar-refractivity contribution in [1.82, 2.24) is 10.1 Å². The number of ether oxygens (including phenoxy) is 1. The molecule has 20 heavy (non-hydrogen) atoms. The molecule has 0 radical (unpaired) electrons. The fourth-order valence-electron chi connectivity index (χ4n) is 2.81. The Hall–Kier alpha value is -1.88. The molecule has 1 aliphatic carbocycles. The average Bonchev–Trinajstić information content (AvgIpc) is 3.10. The predicted octanol–water partition coefficient (Wildman–Crippen LogP) is 3.17. The summed E-state index contributed by atoms with van der Waals surface area (Å²) in [4.78, 5) is 4.44. The van der Waals surface area contributed by atoms with E-state index < -0.39 is 5.60 Å². The first kappa shape index (κ1) is 13.1. The number of hydrogen-bond donors (Lipinski definition) is 1. The van der Waals surface area contributed by atoms with Crippen molar-refractivity contribution in [2.75, 3.05) is 7.11 Å². The number of phenolic OH excluding ortho intramolecular Hbond substituents is 1. The maximum absolute atomic E-state index is 10.1. The molecule has 0 unspecified atom stereocenters. The molecule has 1 fully saturated rings. The van der Waals surface area contributed by atoms with E-state index in [1.54, 1.807) is 13.2 Å². The molecule has 3 rings (SSSR count). The third kappa shape index (κ3) is 1.98. The van der Waals surface area contributed by atoms with Crippen LogP contribution < -0.4 is 0 Å². The number of phenols is 1. The molecule has 0 aliphatic heterocycles. The monoisotopic (exact) mass is 274 g/mol. The average molecular weight is 274 g/mol. The van der Waals surface area contributed by atoms with Crippen LogP contribution in [0.2, 0.25) is 0 Å². The number of nitrogens with zero attached hydrogens (tertiary/aromatic N) is 2. The van der Waals surface area contributed by atoms with E-state index in [-0.39, 0.29) is 5.75 Å². The molecule has 1 saturated carbocycles. The first-order valence-electron chi connectivity index (χ1n) is 6.84. The van der Waals surface area contributed by atoms with Crippen LogP contribution in [0.25, 0.3) is 11.5 Å². The highest BCUT2D eigenvalue weighted by Crippen LogP contribution is 2.41. The number of rotatable bonds is 3. The van der Waals surface area contributed by atoms with Gasteiger partial charge in [0.25, 0.3) is 5.89 Å². The minimum Gasteiger partial charge on any atom is -0.507 e. The van der Waals surface area contributed by atoms with Gasteiger partial charge >= 0.3 is 0 Å². The minimum absolute atomic E-state index is 0.181. The number of methoxy groups -OCH3 is 1. The lowest BCUT2D eigenvalue weighted by atomic mass is 10.0. The molecule has 1 heterocycles. The van der Waals surface area contributed by atoms with Gasteiger partial charge in [-0.15, -0.1) is 0 Å². The zero-order valence-electron chi connectivity index (χ0n) is 11.7. The van der Waals surface area contributed by atoms with Crippen LogP contribution in [0.4, 0.5) is 0 Å². The zero-order valence-corrected chi connectivity index (χ0v) is 11.7. The second-order valence-corrected chi connectivity index (χ2v) is 5.30. The van der Waals surface area contributed by atoms with Gasteiger partial charge in [-0.05, 0) is 44.2 Å². The van der Waals surface area contributed by atoms with Gasteiger partial charge in [0.1, 0.15) is 11.4 Å². The Kier molecular flexibility index (Phi) is 3.22. The van der Waals surface area contributed by atoms with Gasteiger partial charge in [0, 0.05) is 7.11 Å². The summed E-state index contributed by atoms with van der Waals surface area (Å²) < 4.78 is 11.0. The summed E-state index contributed by atoms with van der Waals surface area (Å²) in [6, 6.07) is 5.47. The smallest absolute Gasteiger partial charge is 0.261 e. The van der Waals surface area contributed by atoms with Gasteiger partial charge in [-0.2, -0.15) is 4.98 Å². The molecule has 1 aromatic heterocycles. The SMILES string of the molecule is COC1(c2noc(-c3cccc(C)c3O)n2)CCCC1. The Morgan fingerprint density at radius 3 is 2.75 bits per heavy atom. The lowest BCUT2D eigenvalue weighted by Gasteiger charge is -2.22. The molecule has 1 aliphatic rings. The topological polar surface area (TPSA) is 68.4 Å². The molecule has 106 valence electrons. The Balaban J connectivity index is 2.00. The third-order valence-corrected chi connectivity index (χ3v) is 4.10. The van der Waals surface area contributed by atoms with Crippen molar-refractivity contribution in [3.8, 4) is 17.2 Å². The van der Waals surface area contributed by atoms with Crippen molar-refractivity contribution in [1.29, 1.82) is 0 Å². The molecular weight excluding hydrogens is 256 g/mol. The predicted molar refractivity (Wildman–Crippen MR) is 73.3 cm³/mol. The Morgan fingerprint density at radius 1 is 1.30 bits per heavy atom. The van der Waals surface area contributed by atoms with E-state index in [1.807, 2.05) is 19.1 Å². The lowest BCUT2D eigenvalue weighted by Crippen LogP contribution is -2.25. The minimum atomic E-state index is -0.429. The highest BCUT2D eigenvalue weighted by Gasteiger charge is 2.40. The lowest BCUT2D eigenvalue weighted by molar-refractivity contribution is -0.0178. The van der Waals surface area contributed by atoms with Crippen molar-refractivity contribution in [3.63, 3.8) is 0 Å². The van der Waals surface area contributed by atoms with Gasteiger partial charge in [0.2, 0.25) is 5.82 Å². The Labute approximate surface area is 117 Å². The fourth-order valence-corrected chi connectivity index (χ4v) is 2.81. The van der Waals surface area contributed by atoms with Crippen molar-refractivity contribution < 1.29 is 14.4 Å². The van der Waals surface area contributed by atoms with Crippen LogP contribution in [0.3, 0.4) is 0 Å². The van der Waals surface area contributed by atoms with Crippen molar-refractivity contribution in [2.45, 2.75) is 38.2 Å². The van der Waals surface area contributed by atoms with Crippen molar-refractivity contribution >= 4 is 0 Å². The maximum Gasteiger partial charge on any atom is 0.261 e. The quantitative estimate of drug-likeness (QED) is 0.931. The van der Waals surface area contributed by atoms with Gasteiger partial charge < -0.3 is 14.4 Å². The first-order valence-corrected chi connectivity index (χ1v) is 6.84. The molecule has 2 aromatic rings. The molecule has 5 heteroatoms. The van der Waals surface area contributed by atoms with E-state index in [9.17, 15) is 5.11 Å². The standard InChI is InChI=1S/C15H18N2O3/c1-10-6-5-7-11(12(10)18)13-16-14(17-20-13)15(19-2)8-3-4-9-15/h5-7,18H,3-4,8-9H2,1-2H3. The molecular formula is C15H18N2O3. The molecule has 1 aromatic carbocycles. The molecule has 1 N–H and O–H groups in total. The Morgan fingerprint density at radius 2 is 2.05 bits per heavy atom. The van der Waals surface area contributed by atoms with E-state index in [0.717, 1.165) is 31.2 Å². The van der Waals surface area contributed by atoms with Crippen molar-refractivity contribution in [3.05, 3.63) is 29.6 Å². The zero-order chi connectivity index (χ0) is 14.2. The highest BCUT2D eigenvalue weighted by molar-refractivity contribution is 5.64. The number of benzene rings is 1. The number of aromatic hydroxyl groups is 1. The summed E-state index contributed by atoms with van der Waals surface area (Å²) in [5.74, 6) is 1.10. The third-order valence-electron chi connectivity index (χ3n) is 4.10. The molecule has 0 amide bonds. The van der Waals surface area contributed by atoms with E-state index in [2.05, 4.69) is 10.1 Å². The normalized spacial score (nSPS) is 17.5. The van der Waals surface area contributed by atoms with Crippen LogP contribution >= 0.6 is 0 Å². The number of para-hydroxylation sites is 1. The second-order valence-electron chi connectivity index (χ2n) is 5.30. The van der Waals surface area contributed by atoms with E-state index in [0.29, 0.717) is 17.3 Å². The molecule has 0 bridgehead atoms. The highest BCUT2D eigenvalue weighted by atomic mass is 16.5. The van der Waals surface area contributed by atoms with Crippen LogP contribution in [0, 0.1) is 6.92 Å². The summed E-state index contributed by atoms with van der Waals surface area (Å²) >= 11 is 0. The maximum atomic E-state index is 10.1. The van der Waals surface area contributed by atoms with Crippen LogP contribution in [-0.4, -0.2) is 22.4 Å². The largest absolute Gasteiger partial charge is 0.507 e. The van der Waals surface area contributed by atoms with Gasteiger partial charge in [-0.3, -0.25) is 0 Å². The number of hydrogen-bond acceptors (Lipinski definition) is 5. The summed E-state index contributed by atoms with van der Waals surface area (Å²) in [5.41, 5.74) is 0.916. The van der Waals surface area contributed by atoms with E-state index >= 15 is 0 Å². The number of aryl methyl sites for hydroxylation is 1. The van der Waals surface area contributed by atoms with Crippen LogP contribution in [-0.2, 0) is 10.3 Å². The fraction of sp³-hybridized carbons (Fsp3) is 0.467. The molecule has 0 saturated heterocycles. The summed E-state index contributed by atoms with van der Waals surface area (Å²) in [6.45, 7) is 1.84. The van der Waals surface area contributed by atoms with E-state index in [4.69, 9.17) is 9.26 Å². The Bertz CT molecular complexity index is 615.